The third kappa shape index (κ3) is 4.24. The fraction of sp³-hybridized carbons (Fsp3) is 0.533. The van der Waals surface area contributed by atoms with E-state index >= 15 is 0 Å². The second-order valence-corrected chi connectivity index (χ2v) is 4.84. The number of carbonyl (C=O) groups is 1. The average molecular weight is 265 g/mol. The predicted molar refractivity (Wildman–Crippen MR) is 75.7 cm³/mol. The highest BCUT2D eigenvalue weighted by atomic mass is 16.5. The second-order valence-electron chi connectivity index (χ2n) is 4.84. The van der Waals surface area contributed by atoms with E-state index in [0.29, 0.717) is 6.42 Å². The Labute approximate surface area is 115 Å². The molecule has 0 amide bonds. The van der Waals surface area contributed by atoms with Gasteiger partial charge in [-0.15, -0.1) is 0 Å². The van der Waals surface area contributed by atoms with Gasteiger partial charge in [-0.05, 0) is 44.1 Å². The maximum absolute atomic E-state index is 10.7. The number of methoxy groups -OCH3 is 1. The van der Waals surface area contributed by atoms with Crippen molar-refractivity contribution in [1.82, 2.24) is 4.90 Å². The summed E-state index contributed by atoms with van der Waals surface area (Å²) in [4.78, 5) is 12.8. The summed E-state index contributed by atoms with van der Waals surface area (Å²) in [5, 5.41) is 8.84. The summed E-state index contributed by atoms with van der Waals surface area (Å²) in [5.41, 5.74) is 2.30. The quantitative estimate of drug-likeness (QED) is 0.823. The largest absolute Gasteiger partial charge is 0.496 e. The molecule has 0 heterocycles. The Kier molecular flexibility index (Phi) is 5.83. The monoisotopic (exact) mass is 265 g/mol. The lowest BCUT2D eigenvalue weighted by molar-refractivity contribution is -0.137. The SMILES string of the molecule is CCc1cc(C(CCC(=O)O)N(C)C)ccc1OC. The van der Waals surface area contributed by atoms with Gasteiger partial charge in [-0.1, -0.05) is 19.1 Å². The highest BCUT2D eigenvalue weighted by Crippen LogP contribution is 2.28. The topological polar surface area (TPSA) is 49.8 Å². The van der Waals surface area contributed by atoms with Gasteiger partial charge in [0.25, 0.3) is 0 Å². The van der Waals surface area contributed by atoms with Crippen molar-refractivity contribution in [2.75, 3.05) is 21.2 Å². The number of aliphatic carboxylic acids is 1. The van der Waals surface area contributed by atoms with Crippen LogP contribution in [0.3, 0.4) is 0 Å². The summed E-state index contributed by atoms with van der Waals surface area (Å²) in [6.45, 7) is 2.09. The first-order valence-electron chi connectivity index (χ1n) is 6.54. The number of aryl methyl sites for hydroxylation is 1. The van der Waals surface area contributed by atoms with E-state index in [-0.39, 0.29) is 12.5 Å². The molecule has 0 aliphatic heterocycles. The van der Waals surface area contributed by atoms with Crippen LogP contribution in [0.2, 0.25) is 0 Å². The normalized spacial score (nSPS) is 12.5. The van der Waals surface area contributed by atoms with E-state index in [0.717, 1.165) is 23.3 Å². The molecule has 1 atom stereocenters. The van der Waals surface area contributed by atoms with E-state index in [4.69, 9.17) is 9.84 Å². The van der Waals surface area contributed by atoms with Crippen LogP contribution in [0.15, 0.2) is 18.2 Å². The molecule has 1 rings (SSSR count). The third-order valence-electron chi connectivity index (χ3n) is 3.33. The van der Waals surface area contributed by atoms with E-state index in [1.54, 1.807) is 7.11 Å². The number of carboxylic acid groups (broad SMARTS) is 1. The zero-order valence-electron chi connectivity index (χ0n) is 12.1. The number of carboxylic acids is 1. The molecule has 1 unspecified atom stereocenters. The molecule has 0 bridgehead atoms. The highest BCUT2D eigenvalue weighted by molar-refractivity contribution is 5.66. The number of rotatable bonds is 7. The zero-order valence-corrected chi connectivity index (χ0v) is 12.1. The smallest absolute Gasteiger partial charge is 0.303 e. The van der Waals surface area contributed by atoms with Crippen molar-refractivity contribution >= 4 is 5.97 Å². The Morgan fingerprint density at radius 3 is 2.58 bits per heavy atom. The molecule has 0 aromatic heterocycles. The van der Waals surface area contributed by atoms with Gasteiger partial charge in [-0.25, -0.2) is 0 Å². The first-order valence-corrected chi connectivity index (χ1v) is 6.54. The molecular weight excluding hydrogens is 242 g/mol. The van der Waals surface area contributed by atoms with Crippen LogP contribution in [-0.2, 0) is 11.2 Å². The first kappa shape index (κ1) is 15.5. The molecule has 0 saturated heterocycles. The van der Waals surface area contributed by atoms with E-state index < -0.39 is 5.97 Å². The lowest BCUT2D eigenvalue weighted by Crippen LogP contribution is -2.21. The minimum Gasteiger partial charge on any atom is -0.496 e. The number of benzene rings is 1. The van der Waals surface area contributed by atoms with E-state index in [9.17, 15) is 4.79 Å². The lowest BCUT2D eigenvalue weighted by Gasteiger charge is -2.25. The van der Waals surface area contributed by atoms with Crippen molar-refractivity contribution in [2.24, 2.45) is 0 Å². The number of nitrogens with zero attached hydrogens (tertiary/aromatic N) is 1. The second kappa shape index (κ2) is 7.14. The predicted octanol–water partition coefficient (Wildman–Crippen LogP) is 2.73. The maximum Gasteiger partial charge on any atom is 0.303 e. The van der Waals surface area contributed by atoms with E-state index in [1.165, 1.54) is 0 Å². The van der Waals surface area contributed by atoms with Crippen molar-refractivity contribution in [3.8, 4) is 5.75 Å². The number of hydrogen-bond acceptors (Lipinski definition) is 3. The summed E-state index contributed by atoms with van der Waals surface area (Å²) in [5.74, 6) is 0.137. The molecule has 4 nitrogen and oxygen atoms in total. The summed E-state index contributed by atoms with van der Waals surface area (Å²) >= 11 is 0. The van der Waals surface area contributed by atoms with Crippen molar-refractivity contribution in [2.45, 2.75) is 32.2 Å². The molecule has 0 spiro atoms. The van der Waals surface area contributed by atoms with Crippen LogP contribution in [0.25, 0.3) is 0 Å². The van der Waals surface area contributed by atoms with Gasteiger partial charge in [0.05, 0.1) is 7.11 Å². The fourth-order valence-corrected chi connectivity index (χ4v) is 2.27. The Morgan fingerprint density at radius 2 is 2.11 bits per heavy atom. The van der Waals surface area contributed by atoms with Crippen LogP contribution in [0.1, 0.15) is 36.9 Å². The molecule has 1 N–H and O–H groups in total. The molecule has 0 fully saturated rings. The molecule has 19 heavy (non-hydrogen) atoms. The van der Waals surface area contributed by atoms with Gasteiger partial charge in [-0.3, -0.25) is 4.79 Å². The van der Waals surface area contributed by atoms with E-state index in [2.05, 4.69) is 17.9 Å². The molecule has 0 aliphatic rings. The molecule has 0 aliphatic carbocycles. The number of hydrogen-bond donors (Lipinski definition) is 1. The summed E-state index contributed by atoms with van der Waals surface area (Å²) < 4.78 is 5.32. The van der Waals surface area contributed by atoms with Crippen LogP contribution in [0, 0.1) is 0 Å². The fourth-order valence-electron chi connectivity index (χ4n) is 2.27. The van der Waals surface area contributed by atoms with Crippen molar-refractivity contribution in [3.05, 3.63) is 29.3 Å². The standard InChI is InChI=1S/C15H23NO3/c1-5-11-10-12(6-8-14(11)19-4)13(16(2)3)7-9-15(17)18/h6,8,10,13H,5,7,9H2,1-4H3,(H,17,18). The summed E-state index contributed by atoms with van der Waals surface area (Å²) in [6.07, 6.45) is 1.68. The molecule has 106 valence electrons. The molecule has 0 saturated carbocycles. The van der Waals surface area contributed by atoms with Gasteiger partial charge >= 0.3 is 5.97 Å². The van der Waals surface area contributed by atoms with Gasteiger partial charge in [0.1, 0.15) is 5.75 Å². The zero-order chi connectivity index (χ0) is 14.4. The van der Waals surface area contributed by atoms with Crippen LogP contribution in [-0.4, -0.2) is 37.2 Å². The van der Waals surface area contributed by atoms with Crippen LogP contribution in [0.5, 0.6) is 5.75 Å². The van der Waals surface area contributed by atoms with Gasteiger partial charge in [-0.2, -0.15) is 0 Å². The molecular formula is C15H23NO3. The van der Waals surface area contributed by atoms with E-state index in [1.807, 2.05) is 26.2 Å². The van der Waals surface area contributed by atoms with Gasteiger partial charge in [0.15, 0.2) is 0 Å². The Balaban J connectivity index is 2.99. The summed E-state index contributed by atoms with van der Waals surface area (Å²) in [6, 6.07) is 6.22. The van der Waals surface area contributed by atoms with Crippen LogP contribution in [0.4, 0.5) is 0 Å². The summed E-state index contributed by atoms with van der Waals surface area (Å²) in [7, 11) is 5.62. The molecule has 0 radical (unpaired) electrons. The van der Waals surface area contributed by atoms with Crippen LogP contribution >= 0.6 is 0 Å². The van der Waals surface area contributed by atoms with Gasteiger partial charge in [0.2, 0.25) is 0 Å². The minimum atomic E-state index is -0.754. The Hall–Kier alpha value is -1.55. The van der Waals surface area contributed by atoms with Crippen molar-refractivity contribution < 1.29 is 14.6 Å². The lowest BCUT2D eigenvalue weighted by atomic mass is 9.97. The highest BCUT2D eigenvalue weighted by Gasteiger charge is 2.17. The number of ether oxygens (including phenoxy) is 1. The van der Waals surface area contributed by atoms with Gasteiger partial charge in [0, 0.05) is 12.5 Å². The average Bonchev–Trinajstić information content (AvgIpc) is 2.37. The Bertz CT molecular complexity index is 429. The van der Waals surface area contributed by atoms with Crippen molar-refractivity contribution in [1.29, 1.82) is 0 Å². The molecule has 4 heteroatoms. The maximum atomic E-state index is 10.7. The third-order valence-corrected chi connectivity index (χ3v) is 3.33. The minimum absolute atomic E-state index is 0.118. The van der Waals surface area contributed by atoms with Gasteiger partial charge < -0.3 is 14.7 Å². The van der Waals surface area contributed by atoms with Crippen molar-refractivity contribution in [3.63, 3.8) is 0 Å². The van der Waals surface area contributed by atoms with Crippen LogP contribution < -0.4 is 4.74 Å². The molecule has 1 aromatic carbocycles. The Morgan fingerprint density at radius 1 is 1.42 bits per heavy atom. The first-order chi connectivity index (χ1) is 8.99. The molecule has 1 aromatic rings.